The first kappa shape index (κ1) is 21.4. The highest BCUT2D eigenvalue weighted by molar-refractivity contribution is 7.17. The van der Waals surface area contributed by atoms with E-state index in [2.05, 4.69) is 10.1 Å². The van der Waals surface area contributed by atoms with Crippen LogP contribution >= 0.6 is 22.9 Å². The van der Waals surface area contributed by atoms with Crippen molar-refractivity contribution in [1.29, 1.82) is 0 Å². The zero-order chi connectivity index (χ0) is 20.6. The van der Waals surface area contributed by atoms with Crippen LogP contribution < -0.4 is 0 Å². The third kappa shape index (κ3) is 5.07. The van der Waals surface area contributed by atoms with Crippen molar-refractivity contribution in [2.24, 2.45) is 0 Å². The van der Waals surface area contributed by atoms with Crippen molar-refractivity contribution in [1.82, 2.24) is 19.7 Å². The molecular weight excluding hydrogens is 388 g/mol. The lowest BCUT2D eigenvalue weighted by atomic mass is 9.88. The Morgan fingerprint density at radius 3 is 2.44 bits per heavy atom. The first-order chi connectivity index (χ1) is 12.3. The highest BCUT2D eigenvalue weighted by Crippen LogP contribution is 2.27. The Morgan fingerprint density at radius 2 is 1.93 bits per heavy atom. The van der Waals surface area contributed by atoms with Crippen molar-refractivity contribution in [3.05, 3.63) is 33.0 Å². The fourth-order valence-corrected chi connectivity index (χ4v) is 3.89. The van der Waals surface area contributed by atoms with Gasteiger partial charge in [-0.15, -0.1) is 0 Å². The molecule has 27 heavy (non-hydrogen) atoms. The second kappa shape index (κ2) is 7.59. The van der Waals surface area contributed by atoms with E-state index in [4.69, 9.17) is 16.3 Å². The van der Waals surface area contributed by atoms with Gasteiger partial charge in [-0.2, -0.15) is 9.78 Å². The van der Waals surface area contributed by atoms with Gasteiger partial charge < -0.3 is 9.64 Å². The fourth-order valence-electron chi connectivity index (χ4n) is 2.75. The zero-order valence-electron chi connectivity index (χ0n) is 16.7. The fraction of sp³-hybridized carbons (Fsp3) is 0.556. The van der Waals surface area contributed by atoms with Gasteiger partial charge in [0.2, 0.25) is 0 Å². The van der Waals surface area contributed by atoms with Crippen molar-refractivity contribution in [3.8, 4) is 0 Å². The molecule has 0 spiro atoms. The molecule has 0 radical (unpaired) electrons. The van der Waals surface area contributed by atoms with Crippen LogP contribution in [-0.2, 0) is 10.2 Å². The van der Waals surface area contributed by atoms with Crippen LogP contribution in [0.5, 0.6) is 0 Å². The summed E-state index contributed by atoms with van der Waals surface area (Å²) in [6.07, 6.45) is 1.00. The Morgan fingerprint density at radius 1 is 1.30 bits per heavy atom. The second-order valence-corrected chi connectivity index (χ2v) is 9.62. The van der Waals surface area contributed by atoms with E-state index >= 15 is 0 Å². The number of aryl methyl sites for hydroxylation is 1. The smallest absolute Gasteiger partial charge is 0.435 e. The summed E-state index contributed by atoms with van der Waals surface area (Å²) in [4.78, 5) is 31.4. The first-order valence-corrected chi connectivity index (χ1v) is 9.67. The number of hydrogen-bond donors (Lipinski definition) is 0. The number of carbonyl (C=O) groups is 2. The van der Waals surface area contributed by atoms with E-state index in [0.29, 0.717) is 27.3 Å². The Labute approximate surface area is 168 Å². The first-order valence-electron chi connectivity index (χ1n) is 8.48. The predicted octanol–water partition coefficient (Wildman–Crippen LogP) is 4.13. The Hall–Kier alpha value is -1.93. The number of aromatic nitrogens is 3. The number of rotatable bonds is 4. The highest BCUT2D eigenvalue weighted by atomic mass is 35.5. The van der Waals surface area contributed by atoms with E-state index in [-0.39, 0.29) is 5.91 Å². The summed E-state index contributed by atoms with van der Waals surface area (Å²) in [5, 5.41) is 4.11. The molecule has 2 heterocycles. The molecular formula is C18H25ClN4O3S. The number of carbonyl (C=O) groups excluding carboxylic acids is 2. The summed E-state index contributed by atoms with van der Waals surface area (Å²) in [6, 6.07) is 1.76. The molecule has 9 heteroatoms. The Bertz CT molecular complexity index is 851. The summed E-state index contributed by atoms with van der Waals surface area (Å²) < 4.78 is 7.01. The minimum absolute atomic E-state index is 0.159. The Kier molecular flexibility index (Phi) is 6.01. The van der Waals surface area contributed by atoms with Gasteiger partial charge in [0.1, 0.15) is 10.5 Å². The molecule has 2 aromatic heterocycles. The van der Waals surface area contributed by atoms with Gasteiger partial charge in [0, 0.05) is 25.2 Å². The van der Waals surface area contributed by atoms with E-state index < -0.39 is 17.1 Å². The lowest BCUT2D eigenvalue weighted by Crippen LogP contribution is -2.40. The molecule has 0 fully saturated rings. The maximum Gasteiger partial charge on any atom is 0.435 e. The minimum atomic E-state index is -0.625. The van der Waals surface area contributed by atoms with Crippen LogP contribution in [0.15, 0.2) is 12.3 Å². The molecule has 0 saturated carbocycles. The van der Waals surface area contributed by atoms with Crippen LogP contribution in [0.3, 0.4) is 0 Å². The van der Waals surface area contributed by atoms with E-state index in [1.165, 1.54) is 4.68 Å². The minimum Gasteiger partial charge on any atom is -0.442 e. The third-order valence-electron chi connectivity index (χ3n) is 3.85. The number of hydrogen-bond acceptors (Lipinski definition) is 6. The number of thiazole rings is 1. The van der Waals surface area contributed by atoms with E-state index in [0.717, 1.165) is 11.3 Å². The summed E-state index contributed by atoms with van der Waals surface area (Å²) in [5.74, 6) is -0.159. The zero-order valence-corrected chi connectivity index (χ0v) is 18.2. The quantitative estimate of drug-likeness (QED) is 0.754. The molecule has 0 N–H and O–H groups in total. The van der Waals surface area contributed by atoms with Crippen molar-refractivity contribution >= 4 is 34.9 Å². The summed E-state index contributed by atoms with van der Waals surface area (Å²) in [5.41, 5.74) is 0.106. The van der Waals surface area contributed by atoms with Crippen LogP contribution in [-0.4, -0.2) is 50.9 Å². The van der Waals surface area contributed by atoms with E-state index in [1.807, 2.05) is 13.8 Å². The third-order valence-corrected chi connectivity index (χ3v) is 5.10. The molecule has 148 valence electrons. The summed E-state index contributed by atoms with van der Waals surface area (Å²) >= 11 is 7.07. The van der Waals surface area contributed by atoms with Gasteiger partial charge >= 0.3 is 6.09 Å². The number of nitrogens with zero attached hydrogens (tertiary/aromatic N) is 4. The molecule has 1 amide bonds. The molecule has 0 atom stereocenters. The van der Waals surface area contributed by atoms with Gasteiger partial charge in [-0.25, -0.2) is 9.78 Å². The van der Waals surface area contributed by atoms with Crippen molar-refractivity contribution in [3.63, 3.8) is 0 Å². The van der Waals surface area contributed by atoms with Crippen LogP contribution in [0.4, 0.5) is 4.79 Å². The van der Waals surface area contributed by atoms with Crippen molar-refractivity contribution in [2.75, 3.05) is 13.6 Å². The lowest BCUT2D eigenvalue weighted by Gasteiger charge is -2.31. The van der Waals surface area contributed by atoms with E-state index in [1.54, 1.807) is 51.9 Å². The van der Waals surface area contributed by atoms with Crippen LogP contribution in [0.1, 0.15) is 55.7 Å². The van der Waals surface area contributed by atoms with E-state index in [9.17, 15) is 9.59 Å². The molecule has 2 aromatic rings. The van der Waals surface area contributed by atoms with Gasteiger partial charge in [0.25, 0.3) is 5.91 Å². The SMILES string of the molecule is Cc1nc(Cl)sc1C(=O)N(C)CC(C)(C)c1ccnn1C(=O)OC(C)(C)C. The molecule has 0 aromatic carbocycles. The van der Waals surface area contributed by atoms with Gasteiger partial charge in [0.15, 0.2) is 4.47 Å². The summed E-state index contributed by atoms with van der Waals surface area (Å²) in [6.45, 7) is 11.4. The van der Waals surface area contributed by atoms with Crippen molar-refractivity contribution < 1.29 is 14.3 Å². The van der Waals surface area contributed by atoms with Gasteiger partial charge in [-0.05, 0) is 33.8 Å². The average Bonchev–Trinajstić information content (AvgIpc) is 3.11. The topological polar surface area (TPSA) is 77.3 Å². The van der Waals surface area contributed by atoms with Crippen LogP contribution in [0.25, 0.3) is 0 Å². The standard InChI is InChI=1S/C18H25ClN4O3S/c1-11-13(27-15(19)21-11)14(24)22(7)10-18(5,6)12-8-9-20-23(12)16(25)26-17(2,3)4/h8-9H,10H2,1-7H3. The van der Waals surface area contributed by atoms with Crippen molar-refractivity contribution in [2.45, 2.75) is 52.6 Å². The normalized spacial score (nSPS) is 12.1. The molecule has 0 aliphatic rings. The molecule has 0 bridgehead atoms. The average molecular weight is 413 g/mol. The van der Waals surface area contributed by atoms with Crippen LogP contribution in [0, 0.1) is 6.92 Å². The molecule has 0 aliphatic heterocycles. The maximum absolute atomic E-state index is 12.8. The number of ether oxygens (including phenoxy) is 1. The lowest BCUT2D eigenvalue weighted by molar-refractivity contribution is 0.0501. The van der Waals surface area contributed by atoms with Gasteiger partial charge in [0.05, 0.1) is 11.4 Å². The summed E-state index contributed by atoms with van der Waals surface area (Å²) in [7, 11) is 1.71. The number of likely N-dealkylation sites (N-methyl/N-ethyl adjacent to an activating group) is 1. The Balaban J connectivity index is 2.22. The van der Waals surface area contributed by atoms with Gasteiger partial charge in [-0.3, -0.25) is 4.79 Å². The highest BCUT2D eigenvalue weighted by Gasteiger charge is 2.32. The van der Waals surface area contributed by atoms with Gasteiger partial charge in [-0.1, -0.05) is 36.8 Å². The predicted molar refractivity (Wildman–Crippen MR) is 106 cm³/mol. The maximum atomic E-state index is 12.8. The second-order valence-electron chi connectivity index (χ2n) is 8.04. The molecule has 0 saturated heterocycles. The molecule has 7 nitrogen and oxygen atoms in total. The monoisotopic (exact) mass is 412 g/mol. The largest absolute Gasteiger partial charge is 0.442 e. The number of halogens is 1. The van der Waals surface area contributed by atoms with Crippen LogP contribution in [0.2, 0.25) is 4.47 Å². The molecule has 0 aliphatic carbocycles. The molecule has 0 unspecified atom stereocenters. The number of amides is 1. The molecule has 2 rings (SSSR count).